The van der Waals surface area contributed by atoms with Gasteiger partial charge in [-0.15, -0.1) is 0 Å². The normalized spacial score (nSPS) is 48.7. The highest BCUT2D eigenvalue weighted by Gasteiger charge is 2.81. The van der Waals surface area contributed by atoms with Crippen LogP contribution in [0.1, 0.15) is 91.0 Å². The van der Waals surface area contributed by atoms with Gasteiger partial charge in [0, 0.05) is 19.6 Å². The highest BCUT2D eigenvalue weighted by atomic mass is 16.7. The van der Waals surface area contributed by atoms with Crippen molar-refractivity contribution < 1.29 is 49.3 Å². The summed E-state index contributed by atoms with van der Waals surface area (Å²) < 4.78 is 24.1. The Bertz CT molecular complexity index is 1320. The molecule has 10 heteroatoms. The Labute approximate surface area is 278 Å². The Morgan fingerprint density at radius 2 is 1.74 bits per heavy atom. The molecule has 0 spiro atoms. The van der Waals surface area contributed by atoms with E-state index in [1.165, 1.54) is 13.0 Å². The van der Waals surface area contributed by atoms with E-state index in [4.69, 9.17) is 18.9 Å². The number of methoxy groups -OCH3 is 1. The first-order valence-electron chi connectivity index (χ1n) is 17.4. The van der Waals surface area contributed by atoms with E-state index in [1.807, 2.05) is 37.3 Å². The summed E-state index contributed by atoms with van der Waals surface area (Å²) in [5, 5.41) is 58.9. The number of carbonyl (C=O) groups is 1. The number of benzene rings is 1. The molecule has 262 valence electrons. The molecule has 0 bridgehead atoms. The third-order valence-corrected chi connectivity index (χ3v) is 13.6. The van der Waals surface area contributed by atoms with E-state index >= 15 is 0 Å². The first-order valence-corrected chi connectivity index (χ1v) is 17.4. The number of hydrogen-bond acceptors (Lipinski definition) is 10. The summed E-state index contributed by atoms with van der Waals surface area (Å²) in [6.07, 6.45) is 2.71. The van der Waals surface area contributed by atoms with Crippen molar-refractivity contribution in [2.24, 2.45) is 22.7 Å². The largest absolute Gasteiger partial charge is 0.458 e. The van der Waals surface area contributed by atoms with Crippen LogP contribution in [0.2, 0.25) is 0 Å². The fourth-order valence-electron chi connectivity index (χ4n) is 10.7. The minimum Gasteiger partial charge on any atom is -0.458 e. The summed E-state index contributed by atoms with van der Waals surface area (Å²) in [4.78, 5) is 13.4. The fraction of sp³-hybridized carbons (Fsp3) is 0.757. The van der Waals surface area contributed by atoms with Crippen molar-refractivity contribution in [1.29, 1.82) is 0 Å². The predicted molar refractivity (Wildman–Crippen MR) is 173 cm³/mol. The highest BCUT2D eigenvalue weighted by molar-refractivity contribution is 5.87. The summed E-state index contributed by atoms with van der Waals surface area (Å²) in [5.74, 6) is -0.877. The van der Waals surface area contributed by atoms with Crippen LogP contribution in [0, 0.1) is 22.7 Å². The molecule has 1 aromatic carbocycles. The number of aliphatic hydroxyl groups is 5. The van der Waals surface area contributed by atoms with E-state index in [9.17, 15) is 30.3 Å². The van der Waals surface area contributed by atoms with Crippen molar-refractivity contribution >= 4 is 12.0 Å². The van der Waals surface area contributed by atoms with Gasteiger partial charge in [-0.3, -0.25) is 0 Å². The molecule has 47 heavy (non-hydrogen) atoms. The van der Waals surface area contributed by atoms with Crippen molar-refractivity contribution in [2.75, 3.05) is 7.11 Å². The molecule has 1 saturated heterocycles. The van der Waals surface area contributed by atoms with E-state index in [-0.39, 0.29) is 37.4 Å². The standard InChI is InChI=1S/C37H54O10/c1-22-32(40)27(44-5)20-31(45-22)46-26-14-15-33(3)25(19-26)13-16-36(42)28(33)21-29(47-30(39)12-11-24-9-7-6-8-10-24)34(4)35(41,23(2)38)17-18-37(34,36)43/h6-12,22-23,25-29,31-32,38,40-43H,13-21H2,1-5H3/b12-11+/t22?,23?,25-,26-,27?,28?,29?,31?,32?,33-,34+,35+,36-,37+/m0/s1. The van der Waals surface area contributed by atoms with E-state index < -0.39 is 70.2 Å². The number of esters is 1. The van der Waals surface area contributed by atoms with Gasteiger partial charge in [-0.25, -0.2) is 4.79 Å². The number of ether oxygens (including phenoxy) is 4. The van der Waals surface area contributed by atoms with E-state index in [0.717, 1.165) is 18.4 Å². The number of fused-ring (bicyclic) bond motifs is 5. The van der Waals surface area contributed by atoms with Crippen molar-refractivity contribution in [3.05, 3.63) is 42.0 Å². The Morgan fingerprint density at radius 3 is 2.43 bits per heavy atom. The molecule has 7 unspecified atom stereocenters. The van der Waals surface area contributed by atoms with Gasteiger partial charge in [0.15, 0.2) is 6.29 Å². The minimum atomic E-state index is -1.81. The van der Waals surface area contributed by atoms with Crippen LogP contribution in [0.25, 0.3) is 6.08 Å². The van der Waals surface area contributed by atoms with Gasteiger partial charge in [0.2, 0.25) is 0 Å². The summed E-state index contributed by atoms with van der Waals surface area (Å²) in [6.45, 7) is 7.16. The van der Waals surface area contributed by atoms with Gasteiger partial charge >= 0.3 is 5.97 Å². The average Bonchev–Trinajstić information content (AvgIpc) is 3.27. The second kappa shape index (κ2) is 12.5. The quantitative estimate of drug-likeness (QED) is 0.167. The van der Waals surface area contributed by atoms with Crippen LogP contribution < -0.4 is 0 Å². The Balaban J connectivity index is 1.27. The molecule has 4 saturated carbocycles. The first-order chi connectivity index (χ1) is 22.1. The average molecular weight is 659 g/mol. The lowest BCUT2D eigenvalue weighted by Crippen LogP contribution is -2.79. The van der Waals surface area contributed by atoms with Crippen LogP contribution in [0.5, 0.6) is 0 Å². The van der Waals surface area contributed by atoms with Crippen molar-refractivity contribution in [1.82, 2.24) is 0 Å². The molecule has 0 radical (unpaired) electrons. The van der Waals surface area contributed by atoms with Crippen LogP contribution in [-0.2, 0) is 23.7 Å². The first kappa shape index (κ1) is 35.0. The molecule has 0 amide bonds. The lowest BCUT2D eigenvalue weighted by molar-refractivity contribution is -0.343. The zero-order valence-corrected chi connectivity index (χ0v) is 28.4. The molecule has 5 aliphatic rings. The third-order valence-electron chi connectivity index (χ3n) is 13.6. The number of aliphatic hydroxyl groups excluding tert-OH is 2. The maximum Gasteiger partial charge on any atom is 0.331 e. The smallest absolute Gasteiger partial charge is 0.331 e. The maximum absolute atomic E-state index is 13.4. The van der Waals surface area contributed by atoms with Crippen molar-refractivity contribution in [2.45, 2.75) is 145 Å². The van der Waals surface area contributed by atoms with Gasteiger partial charge in [0.25, 0.3) is 0 Å². The van der Waals surface area contributed by atoms with Gasteiger partial charge in [-0.05, 0) is 94.1 Å². The minimum absolute atomic E-state index is 0.0631. The monoisotopic (exact) mass is 658 g/mol. The molecule has 14 atom stereocenters. The second-order valence-electron chi connectivity index (χ2n) is 15.6. The Hall–Kier alpha value is -1.89. The predicted octanol–water partition coefficient (Wildman–Crippen LogP) is 3.50. The van der Waals surface area contributed by atoms with Crippen LogP contribution >= 0.6 is 0 Å². The summed E-state index contributed by atoms with van der Waals surface area (Å²) in [7, 11) is 1.58. The van der Waals surface area contributed by atoms with Crippen LogP contribution in [-0.4, -0.2) is 98.3 Å². The van der Waals surface area contributed by atoms with E-state index in [1.54, 1.807) is 20.1 Å². The van der Waals surface area contributed by atoms with E-state index in [2.05, 4.69) is 6.92 Å². The molecule has 10 nitrogen and oxygen atoms in total. The lowest BCUT2D eigenvalue weighted by atomic mass is 9.40. The Kier molecular flexibility index (Phi) is 9.27. The van der Waals surface area contributed by atoms with Crippen LogP contribution in [0.15, 0.2) is 36.4 Å². The van der Waals surface area contributed by atoms with Gasteiger partial charge in [0.1, 0.15) is 23.4 Å². The second-order valence-corrected chi connectivity index (χ2v) is 15.6. The third kappa shape index (κ3) is 5.33. The molecule has 5 N–H and O–H groups in total. The molecular formula is C37H54O10. The zero-order chi connectivity index (χ0) is 34.0. The zero-order valence-electron chi connectivity index (χ0n) is 28.4. The summed E-state index contributed by atoms with van der Waals surface area (Å²) >= 11 is 0. The molecule has 1 aromatic rings. The molecule has 6 rings (SSSR count). The van der Waals surface area contributed by atoms with Crippen LogP contribution in [0.3, 0.4) is 0 Å². The van der Waals surface area contributed by atoms with Gasteiger partial charge < -0.3 is 44.5 Å². The topological polar surface area (TPSA) is 155 Å². The van der Waals surface area contributed by atoms with Crippen molar-refractivity contribution in [3.63, 3.8) is 0 Å². The number of rotatable bonds is 7. The van der Waals surface area contributed by atoms with Gasteiger partial charge in [-0.1, -0.05) is 44.2 Å². The Morgan fingerprint density at radius 1 is 1.02 bits per heavy atom. The van der Waals surface area contributed by atoms with E-state index in [0.29, 0.717) is 25.7 Å². The van der Waals surface area contributed by atoms with Crippen LogP contribution in [0.4, 0.5) is 0 Å². The fourth-order valence-corrected chi connectivity index (χ4v) is 10.7. The molecule has 1 heterocycles. The van der Waals surface area contributed by atoms with Gasteiger partial charge in [0.05, 0.1) is 35.4 Å². The molecule has 1 aliphatic heterocycles. The summed E-state index contributed by atoms with van der Waals surface area (Å²) in [6, 6.07) is 9.38. The van der Waals surface area contributed by atoms with Crippen molar-refractivity contribution in [3.8, 4) is 0 Å². The highest BCUT2D eigenvalue weighted by Crippen LogP contribution is 2.72. The number of carbonyl (C=O) groups excluding carboxylic acids is 1. The van der Waals surface area contributed by atoms with Gasteiger partial charge in [-0.2, -0.15) is 0 Å². The molecule has 0 aromatic heterocycles. The lowest BCUT2D eigenvalue weighted by Gasteiger charge is -2.69. The molecular weight excluding hydrogens is 604 g/mol. The number of hydrogen-bond donors (Lipinski definition) is 5. The molecule has 4 aliphatic carbocycles. The maximum atomic E-state index is 13.4. The SMILES string of the molecule is COC1CC(O[C@H]2CC[C@]3(C)C4CC(OC(=O)/C=C/c5ccccc5)[C@@]5(C)[C@](O)(CC[C@@]5(O)C(C)O)[C@]4(O)CC[C@H]3C2)OC(C)C1O. The summed E-state index contributed by atoms with van der Waals surface area (Å²) in [5.41, 5.74) is -6.28. The molecule has 5 fully saturated rings.